The molecule has 1 amide bonds. The molecule has 0 unspecified atom stereocenters. The first-order valence-corrected chi connectivity index (χ1v) is 4.85. The van der Waals surface area contributed by atoms with Crippen LogP contribution in [0, 0.1) is 0 Å². The Morgan fingerprint density at radius 3 is 2.67 bits per heavy atom. The zero-order valence-corrected chi connectivity index (χ0v) is 8.95. The molecular formula is C11H16N2O2. The van der Waals surface area contributed by atoms with Gasteiger partial charge in [0.05, 0.1) is 6.42 Å². The van der Waals surface area contributed by atoms with Crippen molar-refractivity contribution in [1.82, 2.24) is 5.43 Å². The highest BCUT2D eigenvalue weighted by atomic mass is 16.3. The third kappa shape index (κ3) is 2.95. The van der Waals surface area contributed by atoms with Gasteiger partial charge < -0.3 is 5.11 Å². The summed E-state index contributed by atoms with van der Waals surface area (Å²) in [5.74, 6) is 5.15. The van der Waals surface area contributed by atoms with Gasteiger partial charge in [0.2, 0.25) is 5.91 Å². The van der Waals surface area contributed by atoms with Gasteiger partial charge in [-0.2, -0.15) is 0 Å². The fourth-order valence-electron chi connectivity index (χ4n) is 1.31. The van der Waals surface area contributed by atoms with Crippen LogP contribution in [0.5, 0.6) is 5.75 Å². The minimum atomic E-state index is -0.317. The van der Waals surface area contributed by atoms with Gasteiger partial charge in [0.1, 0.15) is 5.75 Å². The number of carbonyl (C=O) groups excluding carboxylic acids is 1. The van der Waals surface area contributed by atoms with E-state index < -0.39 is 0 Å². The maximum atomic E-state index is 11.0. The number of amides is 1. The molecule has 4 N–H and O–H groups in total. The standard InChI is InChI=1S/C11H16N2O2/c1-7(2)8-3-4-9(10(14)5-8)6-11(15)13-12/h3-5,7,14H,6,12H2,1-2H3,(H,13,15). The van der Waals surface area contributed by atoms with Crippen molar-refractivity contribution in [2.24, 2.45) is 5.84 Å². The van der Waals surface area contributed by atoms with Crippen molar-refractivity contribution in [1.29, 1.82) is 0 Å². The monoisotopic (exact) mass is 208 g/mol. The number of nitrogens with two attached hydrogens (primary N) is 1. The van der Waals surface area contributed by atoms with Gasteiger partial charge in [-0.1, -0.05) is 26.0 Å². The summed E-state index contributed by atoms with van der Waals surface area (Å²) < 4.78 is 0. The van der Waals surface area contributed by atoms with E-state index in [2.05, 4.69) is 0 Å². The van der Waals surface area contributed by atoms with Crippen molar-refractivity contribution in [2.75, 3.05) is 0 Å². The van der Waals surface area contributed by atoms with Crippen LogP contribution in [-0.4, -0.2) is 11.0 Å². The number of nitrogens with one attached hydrogen (secondary N) is 1. The molecule has 0 aliphatic heterocycles. The molecule has 1 rings (SSSR count). The number of aromatic hydroxyl groups is 1. The van der Waals surface area contributed by atoms with Gasteiger partial charge in [0, 0.05) is 5.56 Å². The van der Waals surface area contributed by atoms with Crippen LogP contribution in [0.25, 0.3) is 0 Å². The lowest BCUT2D eigenvalue weighted by Crippen LogP contribution is -2.31. The van der Waals surface area contributed by atoms with E-state index >= 15 is 0 Å². The molecule has 0 spiro atoms. The summed E-state index contributed by atoms with van der Waals surface area (Å²) in [5.41, 5.74) is 3.66. The molecule has 1 aromatic rings. The number of rotatable bonds is 3. The van der Waals surface area contributed by atoms with Gasteiger partial charge in [-0.3, -0.25) is 10.2 Å². The number of carbonyl (C=O) groups is 1. The van der Waals surface area contributed by atoms with E-state index in [1.807, 2.05) is 25.3 Å². The van der Waals surface area contributed by atoms with Crippen LogP contribution in [0.4, 0.5) is 0 Å². The normalized spacial score (nSPS) is 10.4. The number of hydrazine groups is 1. The molecule has 15 heavy (non-hydrogen) atoms. The molecule has 4 nitrogen and oxygen atoms in total. The van der Waals surface area contributed by atoms with Gasteiger partial charge in [-0.15, -0.1) is 0 Å². The van der Waals surface area contributed by atoms with Gasteiger partial charge in [0.25, 0.3) is 0 Å². The molecule has 4 heteroatoms. The number of phenols is 1. The maximum absolute atomic E-state index is 11.0. The predicted octanol–water partition coefficient (Wildman–Crippen LogP) is 1.05. The fourth-order valence-corrected chi connectivity index (χ4v) is 1.31. The lowest BCUT2D eigenvalue weighted by Gasteiger charge is -2.09. The van der Waals surface area contributed by atoms with E-state index in [9.17, 15) is 9.90 Å². The molecule has 0 radical (unpaired) electrons. The highest BCUT2D eigenvalue weighted by Gasteiger charge is 2.08. The van der Waals surface area contributed by atoms with Gasteiger partial charge in [-0.05, 0) is 17.5 Å². The molecule has 0 aromatic heterocycles. The lowest BCUT2D eigenvalue weighted by molar-refractivity contribution is -0.120. The molecule has 0 aliphatic carbocycles. The molecule has 1 aromatic carbocycles. The predicted molar refractivity (Wildman–Crippen MR) is 58.2 cm³/mol. The fraction of sp³-hybridized carbons (Fsp3) is 0.364. The Morgan fingerprint density at radius 2 is 2.20 bits per heavy atom. The number of phenolic OH excluding ortho intramolecular Hbond substituents is 1. The first kappa shape index (κ1) is 11.5. The number of benzene rings is 1. The first-order valence-electron chi connectivity index (χ1n) is 4.85. The minimum Gasteiger partial charge on any atom is -0.508 e. The van der Waals surface area contributed by atoms with Gasteiger partial charge in [-0.25, -0.2) is 5.84 Å². The Labute approximate surface area is 89.1 Å². The van der Waals surface area contributed by atoms with Crippen molar-refractivity contribution >= 4 is 5.91 Å². The van der Waals surface area contributed by atoms with E-state index in [0.29, 0.717) is 11.5 Å². The second-order valence-corrected chi connectivity index (χ2v) is 3.79. The third-order valence-corrected chi connectivity index (χ3v) is 2.29. The van der Waals surface area contributed by atoms with Crippen LogP contribution < -0.4 is 11.3 Å². The molecule has 82 valence electrons. The summed E-state index contributed by atoms with van der Waals surface area (Å²) in [5, 5.41) is 9.66. The average Bonchev–Trinajstić information content (AvgIpc) is 2.20. The minimum absolute atomic E-state index is 0.0979. The smallest absolute Gasteiger partial charge is 0.238 e. The zero-order chi connectivity index (χ0) is 11.4. The summed E-state index contributed by atoms with van der Waals surface area (Å²) in [6.45, 7) is 4.09. The molecule has 0 saturated heterocycles. The molecule has 0 bridgehead atoms. The molecule has 0 aliphatic rings. The van der Waals surface area contributed by atoms with Crippen molar-refractivity contribution in [3.8, 4) is 5.75 Å². The zero-order valence-electron chi connectivity index (χ0n) is 8.95. The largest absolute Gasteiger partial charge is 0.508 e. The summed E-state index contributed by atoms with van der Waals surface area (Å²) in [4.78, 5) is 11.0. The molecule has 0 fully saturated rings. The van der Waals surface area contributed by atoms with E-state index in [-0.39, 0.29) is 18.1 Å². The van der Waals surface area contributed by atoms with Crippen LogP contribution in [-0.2, 0) is 11.2 Å². The topological polar surface area (TPSA) is 75.4 Å². The number of hydrogen-bond acceptors (Lipinski definition) is 3. The second-order valence-electron chi connectivity index (χ2n) is 3.79. The molecule has 0 atom stereocenters. The Bertz CT molecular complexity index is 362. The van der Waals surface area contributed by atoms with E-state index in [1.54, 1.807) is 12.1 Å². The Balaban J connectivity index is 2.88. The first-order chi connectivity index (χ1) is 7.04. The molecular weight excluding hydrogens is 192 g/mol. The summed E-state index contributed by atoms with van der Waals surface area (Å²) in [7, 11) is 0. The van der Waals surface area contributed by atoms with E-state index in [4.69, 9.17) is 5.84 Å². The van der Waals surface area contributed by atoms with Crippen molar-refractivity contribution in [3.63, 3.8) is 0 Å². The van der Waals surface area contributed by atoms with E-state index in [0.717, 1.165) is 5.56 Å². The van der Waals surface area contributed by atoms with E-state index in [1.165, 1.54) is 0 Å². The number of hydrogen-bond donors (Lipinski definition) is 3. The van der Waals surface area contributed by atoms with Gasteiger partial charge >= 0.3 is 0 Å². The van der Waals surface area contributed by atoms with Gasteiger partial charge in [0.15, 0.2) is 0 Å². The summed E-state index contributed by atoms with van der Waals surface area (Å²) in [6, 6.07) is 5.34. The third-order valence-electron chi connectivity index (χ3n) is 2.29. The average molecular weight is 208 g/mol. The summed E-state index contributed by atoms with van der Waals surface area (Å²) in [6.07, 6.45) is 0.0979. The Morgan fingerprint density at radius 1 is 1.53 bits per heavy atom. The highest BCUT2D eigenvalue weighted by Crippen LogP contribution is 2.23. The quantitative estimate of drug-likeness (QED) is 0.395. The Kier molecular flexibility index (Phi) is 3.68. The van der Waals surface area contributed by atoms with Crippen molar-refractivity contribution < 1.29 is 9.90 Å². The SMILES string of the molecule is CC(C)c1ccc(CC(=O)NN)c(O)c1. The second kappa shape index (κ2) is 4.79. The van der Waals surface area contributed by atoms with Crippen LogP contribution in [0.1, 0.15) is 30.9 Å². The highest BCUT2D eigenvalue weighted by molar-refractivity contribution is 5.78. The van der Waals surface area contributed by atoms with Crippen molar-refractivity contribution in [2.45, 2.75) is 26.2 Å². The van der Waals surface area contributed by atoms with Crippen LogP contribution >= 0.6 is 0 Å². The molecule has 0 heterocycles. The van der Waals surface area contributed by atoms with Crippen LogP contribution in [0.15, 0.2) is 18.2 Å². The Hall–Kier alpha value is -1.55. The van der Waals surface area contributed by atoms with Crippen LogP contribution in [0.3, 0.4) is 0 Å². The summed E-state index contributed by atoms with van der Waals surface area (Å²) >= 11 is 0. The van der Waals surface area contributed by atoms with Crippen molar-refractivity contribution in [3.05, 3.63) is 29.3 Å². The maximum Gasteiger partial charge on any atom is 0.238 e. The van der Waals surface area contributed by atoms with Crippen LogP contribution in [0.2, 0.25) is 0 Å². The lowest BCUT2D eigenvalue weighted by atomic mass is 10.00. The molecule has 0 saturated carbocycles.